The highest BCUT2D eigenvalue weighted by Crippen LogP contribution is 2.32. The van der Waals surface area contributed by atoms with Crippen molar-refractivity contribution in [2.24, 2.45) is 0 Å². The molecule has 3 aromatic carbocycles. The Bertz CT molecular complexity index is 1240. The van der Waals surface area contributed by atoms with Crippen LogP contribution in [0.15, 0.2) is 90.0 Å². The Kier molecular flexibility index (Phi) is 6.40. The van der Waals surface area contributed by atoms with Crippen molar-refractivity contribution in [1.82, 2.24) is 4.98 Å². The molecule has 0 aliphatic rings. The first kappa shape index (κ1) is 21.2. The van der Waals surface area contributed by atoms with Crippen molar-refractivity contribution in [1.29, 1.82) is 0 Å². The second kappa shape index (κ2) is 9.38. The van der Waals surface area contributed by atoms with Crippen LogP contribution in [0.1, 0.15) is 15.9 Å². The smallest absolute Gasteiger partial charge is 0.256 e. The molecule has 0 spiro atoms. The fourth-order valence-electron chi connectivity index (χ4n) is 3.49. The third-order valence-corrected chi connectivity index (χ3v) is 5.99. The van der Waals surface area contributed by atoms with E-state index in [1.54, 1.807) is 18.0 Å². The second-order valence-corrected chi connectivity index (χ2v) is 8.44. The molecule has 0 radical (unpaired) electrons. The van der Waals surface area contributed by atoms with Gasteiger partial charge in [-0.15, -0.1) is 11.8 Å². The lowest BCUT2D eigenvalue weighted by Crippen LogP contribution is -2.13. The summed E-state index contributed by atoms with van der Waals surface area (Å²) in [5.74, 6) is -0.157. The molecule has 0 atom stereocenters. The van der Waals surface area contributed by atoms with Gasteiger partial charge in [0.25, 0.3) is 5.91 Å². The lowest BCUT2D eigenvalue weighted by molar-refractivity contribution is 0.102. The number of halogens is 1. The Balaban J connectivity index is 1.69. The summed E-state index contributed by atoms with van der Waals surface area (Å²) >= 11 is 7.80. The van der Waals surface area contributed by atoms with E-state index in [0.29, 0.717) is 10.6 Å². The van der Waals surface area contributed by atoms with Gasteiger partial charge in [0.15, 0.2) is 0 Å². The highest BCUT2D eigenvalue weighted by molar-refractivity contribution is 7.98. The number of carbonyl (C=O) groups is 1. The number of benzene rings is 3. The number of anilines is 1. The molecule has 31 heavy (non-hydrogen) atoms. The number of pyridine rings is 1. The van der Waals surface area contributed by atoms with Crippen molar-refractivity contribution in [3.05, 3.63) is 101 Å². The summed E-state index contributed by atoms with van der Waals surface area (Å²) in [6.07, 6.45) is 3.78. The molecular formula is C26H21ClN2OS. The number of hydrogen-bond donors (Lipinski definition) is 1. The molecule has 0 saturated carbocycles. The number of thioether (sulfide) groups is 1. The molecule has 1 aromatic heterocycles. The summed E-state index contributed by atoms with van der Waals surface area (Å²) in [5.41, 5.74) is 6.06. The highest BCUT2D eigenvalue weighted by atomic mass is 35.5. The van der Waals surface area contributed by atoms with Gasteiger partial charge in [0.2, 0.25) is 0 Å². The van der Waals surface area contributed by atoms with E-state index in [2.05, 4.69) is 16.4 Å². The maximum Gasteiger partial charge on any atom is 0.256 e. The molecule has 0 saturated heterocycles. The monoisotopic (exact) mass is 444 g/mol. The van der Waals surface area contributed by atoms with Crippen LogP contribution in [0.3, 0.4) is 0 Å². The van der Waals surface area contributed by atoms with Crippen LogP contribution in [0.4, 0.5) is 5.69 Å². The lowest BCUT2D eigenvalue weighted by Gasteiger charge is -2.14. The van der Waals surface area contributed by atoms with Crippen LogP contribution in [-0.4, -0.2) is 17.1 Å². The zero-order valence-electron chi connectivity index (χ0n) is 17.2. The van der Waals surface area contributed by atoms with E-state index >= 15 is 0 Å². The van der Waals surface area contributed by atoms with E-state index in [1.165, 1.54) is 0 Å². The Morgan fingerprint density at radius 3 is 2.55 bits per heavy atom. The maximum absolute atomic E-state index is 13.3. The zero-order valence-corrected chi connectivity index (χ0v) is 18.8. The number of aromatic nitrogens is 1. The molecule has 5 heteroatoms. The van der Waals surface area contributed by atoms with Crippen molar-refractivity contribution in [3.8, 4) is 22.4 Å². The number of amides is 1. The molecule has 0 bridgehead atoms. The van der Waals surface area contributed by atoms with E-state index in [0.717, 1.165) is 38.5 Å². The van der Waals surface area contributed by atoms with Crippen LogP contribution in [0.2, 0.25) is 5.02 Å². The van der Waals surface area contributed by atoms with Gasteiger partial charge in [0.05, 0.1) is 5.69 Å². The van der Waals surface area contributed by atoms with Gasteiger partial charge < -0.3 is 5.32 Å². The standard InChI is InChI=1S/C26H21ClN2OS/c1-17-14-19(27)9-11-22(17)24-16-21(31-2)10-12-23(24)26(30)29-20-7-5-6-18(15-20)25-8-3-4-13-28-25/h3-16H,1-2H3,(H,29,30). The summed E-state index contributed by atoms with van der Waals surface area (Å²) in [7, 11) is 0. The normalized spacial score (nSPS) is 10.7. The van der Waals surface area contributed by atoms with E-state index in [1.807, 2.05) is 86.0 Å². The number of aryl methyl sites for hydroxylation is 1. The minimum Gasteiger partial charge on any atom is -0.322 e. The summed E-state index contributed by atoms with van der Waals surface area (Å²) < 4.78 is 0. The van der Waals surface area contributed by atoms with Gasteiger partial charge in [-0.1, -0.05) is 35.9 Å². The third-order valence-electron chi connectivity index (χ3n) is 5.03. The van der Waals surface area contributed by atoms with Crippen LogP contribution in [-0.2, 0) is 0 Å². The average molecular weight is 445 g/mol. The molecule has 154 valence electrons. The summed E-state index contributed by atoms with van der Waals surface area (Å²) in [4.78, 5) is 18.8. The zero-order chi connectivity index (χ0) is 21.8. The number of hydrogen-bond acceptors (Lipinski definition) is 3. The van der Waals surface area contributed by atoms with Crippen LogP contribution < -0.4 is 5.32 Å². The summed E-state index contributed by atoms with van der Waals surface area (Å²) in [6.45, 7) is 2.00. The molecule has 1 N–H and O–H groups in total. The molecule has 1 amide bonds. The molecular weight excluding hydrogens is 424 g/mol. The predicted octanol–water partition coefficient (Wildman–Crippen LogP) is 7.35. The first-order valence-corrected chi connectivity index (χ1v) is 11.4. The fourth-order valence-corrected chi connectivity index (χ4v) is 4.16. The number of rotatable bonds is 5. The second-order valence-electron chi connectivity index (χ2n) is 7.12. The van der Waals surface area contributed by atoms with Crippen molar-refractivity contribution in [2.45, 2.75) is 11.8 Å². The number of nitrogens with one attached hydrogen (secondary N) is 1. The first-order valence-electron chi connectivity index (χ1n) is 9.82. The van der Waals surface area contributed by atoms with E-state index in [9.17, 15) is 4.79 Å². The predicted molar refractivity (Wildman–Crippen MR) is 131 cm³/mol. The minimum atomic E-state index is -0.157. The molecule has 3 nitrogen and oxygen atoms in total. The SMILES string of the molecule is CSc1ccc(C(=O)Nc2cccc(-c3ccccn3)c2)c(-c2ccc(Cl)cc2C)c1. The van der Waals surface area contributed by atoms with Crippen LogP contribution >= 0.6 is 23.4 Å². The minimum absolute atomic E-state index is 0.157. The molecule has 0 aliphatic carbocycles. The van der Waals surface area contributed by atoms with E-state index in [-0.39, 0.29) is 5.91 Å². The molecule has 1 heterocycles. The number of carbonyl (C=O) groups excluding carboxylic acids is 1. The van der Waals surface area contributed by atoms with Crippen molar-refractivity contribution < 1.29 is 4.79 Å². The van der Waals surface area contributed by atoms with Crippen LogP contribution in [0.5, 0.6) is 0 Å². The molecule has 0 aliphatic heterocycles. The molecule has 0 unspecified atom stereocenters. The van der Waals surface area contributed by atoms with Crippen LogP contribution in [0, 0.1) is 6.92 Å². The van der Waals surface area contributed by atoms with Gasteiger partial charge in [-0.3, -0.25) is 9.78 Å². The molecule has 4 aromatic rings. The Morgan fingerprint density at radius 2 is 1.81 bits per heavy atom. The summed E-state index contributed by atoms with van der Waals surface area (Å²) in [5, 5.41) is 3.73. The topological polar surface area (TPSA) is 42.0 Å². The van der Waals surface area contributed by atoms with Crippen molar-refractivity contribution >= 4 is 35.0 Å². The quantitative estimate of drug-likeness (QED) is 0.327. The van der Waals surface area contributed by atoms with Crippen LogP contribution in [0.25, 0.3) is 22.4 Å². The van der Waals surface area contributed by atoms with E-state index < -0.39 is 0 Å². The van der Waals surface area contributed by atoms with Gasteiger partial charge in [-0.05, 0) is 84.5 Å². The lowest BCUT2D eigenvalue weighted by atomic mass is 9.95. The average Bonchev–Trinajstić information content (AvgIpc) is 2.79. The van der Waals surface area contributed by atoms with Crippen molar-refractivity contribution in [3.63, 3.8) is 0 Å². The first-order chi connectivity index (χ1) is 15.0. The Labute approximate surface area is 191 Å². The Hall–Kier alpha value is -3.08. The van der Waals surface area contributed by atoms with Crippen molar-refractivity contribution in [2.75, 3.05) is 11.6 Å². The van der Waals surface area contributed by atoms with Gasteiger partial charge in [-0.2, -0.15) is 0 Å². The maximum atomic E-state index is 13.3. The van der Waals surface area contributed by atoms with Gasteiger partial charge in [-0.25, -0.2) is 0 Å². The summed E-state index contributed by atoms with van der Waals surface area (Å²) in [6, 6.07) is 25.1. The molecule has 4 rings (SSSR count). The van der Waals surface area contributed by atoms with Gasteiger partial charge >= 0.3 is 0 Å². The highest BCUT2D eigenvalue weighted by Gasteiger charge is 2.16. The largest absolute Gasteiger partial charge is 0.322 e. The fraction of sp³-hybridized carbons (Fsp3) is 0.0769. The van der Waals surface area contributed by atoms with E-state index in [4.69, 9.17) is 11.6 Å². The third kappa shape index (κ3) is 4.82. The Morgan fingerprint density at radius 1 is 0.935 bits per heavy atom. The molecule has 0 fully saturated rings. The number of nitrogens with zero attached hydrogens (tertiary/aromatic N) is 1. The van der Waals surface area contributed by atoms with Gasteiger partial charge in [0, 0.05) is 32.9 Å². The van der Waals surface area contributed by atoms with Gasteiger partial charge in [0.1, 0.15) is 0 Å².